The molecule has 3 rings (SSSR count). The Hall–Kier alpha value is -0.780. The van der Waals surface area contributed by atoms with Crippen molar-refractivity contribution in [2.45, 2.75) is 37.3 Å². The second-order valence-electron chi connectivity index (χ2n) is 6.83. The molecule has 1 saturated heterocycles. The Bertz CT molecular complexity index is 489. The molecule has 1 amide bonds. The van der Waals surface area contributed by atoms with Crippen LogP contribution in [0.3, 0.4) is 0 Å². The highest BCUT2D eigenvalue weighted by Gasteiger charge is 2.58. The average Bonchev–Trinajstić information content (AvgIpc) is 3.03. The number of hydrogen-bond acceptors (Lipinski definition) is 4. The number of aliphatic hydroxyl groups is 1. The Morgan fingerprint density at radius 1 is 1.36 bits per heavy atom. The molecule has 3 fully saturated rings. The lowest BCUT2D eigenvalue weighted by Gasteiger charge is -2.38. The first-order valence-electron chi connectivity index (χ1n) is 8.18. The predicted octanol–water partition coefficient (Wildman–Crippen LogP) is 1.76. The maximum atomic E-state index is 13.1. The van der Waals surface area contributed by atoms with Crippen molar-refractivity contribution in [1.29, 1.82) is 0 Å². The highest BCUT2D eigenvalue weighted by molar-refractivity contribution is 8.02. The molecule has 3 unspecified atom stereocenters. The molecular formula is C17H26N2O2S. The molecule has 1 heterocycles. The lowest BCUT2D eigenvalue weighted by Crippen LogP contribution is -2.54. The van der Waals surface area contributed by atoms with Crippen molar-refractivity contribution in [3.8, 4) is 0 Å². The van der Waals surface area contributed by atoms with Gasteiger partial charge in [0.15, 0.2) is 5.60 Å². The van der Waals surface area contributed by atoms with E-state index in [2.05, 4.69) is 6.58 Å². The Morgan fingerprint density at radius 3 is 2.45 bits per heavy atom. The van der Waals surface area contributed by atoms with Crippen LogP contribution in [0.1, 0.15) is 25.7 Å². The van der Waals surface area contributed by atoms with Gasteiger partial charge in [0.1, 0.15) is 0 Å². The van der Waals surface area contributed by atoms with Gasteiger partial charge in [-0.15, -0.1) is 11.8 Å². The molecule has 3 N–H and O–H groups in total. The van der Waals surface area contributed by atoms with Gasteiger partial charge in [0.25, 0.3) is 5.91 Å². The summed E-state index contributed by atoms with van der Waals surface area (Å²) in [7, 11) is 0. The third kappa shape index (κ3) is 2.43. The molecule has 0 aromatic heterocycles. The first-order valence-corrected chi connectivity index (χ1v) is 9.41. The van der Waals surface area contributed by atoms with Gasteiger partial charge in [0, 0.05) is 30.0 Å². The van der Waals surface area contributed by atoms with Crippen molar-refractivity contribution in [2.75, 3.05) is 19.3 Å². The van der Waals surface area contributed by atoms with E-state index in [-0.39, 0.29) is 17.9 Å². The normalized spacial score (nSPS) is 34.4. The molecular weight excluding hydrogens is 296 g/mol. The molecule has 0 aromatic rings. The zero-order valence-electron chi connectivity index (χ0n) is 13.2. The van der Waals surface area contributed by atoms with E-state index in [4.69, 9.17) is 5.73 Å². The summed E-state index contributed by atoms with van der Waals surface area (Å²) in [6.07, 6.45) is 9.38. The number of nitrogens with zero attached hydrogens (tertiary/aromatic N) is 1. The standard InChI is InChI=1S/C17H26N2O2S/c1-3-6-14(22-2)17(21,11-7-4-5-8-11)16(20)19-9-12-13(10-19)15(12)18/h3,6,11-13,15,21H,1,4-5,7-10,18H2,2H3/b14-6-. The zero-order valence-corrected chi connectivity index (χ0v) is 14.0. The van der Waals surface area contributed by atoms with Crippen LogP contribution in [0.5, 0.6) is 0 Å². The van der Waals surface area contributed by atoms with E-state index in [0.29, 0.717) is 24.9 Å². The van der Waals surface area contributed by atoms with Crippen molar-refractivity contribution in [1.82, 2.24) is 4.90 Å². The van der Waals surface area contributed by atoms with E-state index < -0.39 is 5.60 Å². The van der Waals surface area contributed by atoms with E-state index in [1.165, 1.54) is 11.8 Å². The first kappa shape index (κ1) is 16.1. The summed E-state index contributed by atoms with van der Waals surface area (Å²) in [5.74, 6) is 0.779. The molecule has 0 bridgehead atoms. The van der Waals surface area contributed by atoms with E-state index >= 15 is 0 Å². The highest BCUT2D eigenvalue weighted by atomic mass is 32.2. The van der Waals surface area contributed by atoms with Crippen molar-refractivity contribution < 1.29 is 9.90 Å². The number of piperidine rings is 1. The van der Waals surface area contributed by atoms with Gasteiger partial charge in [-0.25, -0.2) is 0 Å². The van der Waals surface area contributed by atoms with Crippen LogP contribution in [0.25, 0.3) is 0 Å². The lowest BCUT2D eigenvalue weighted by atomic mass is 9.83. The fourth-order valence-corrected chi connectivity index (χ4v) is 5.06. The van der Waals surface area contributed by atoms with Crippen LogP contribution in [-0.4, -0.2) is 46.9 Å². The van der Waals surface area contributed by atoms with Gasteiger partial charge >= 0.3 is 0 Å². The molecule has 0 spiro atoms. The molecule has 2 aliphatic carbocycles. The van der Waals surface area contributed by atoms with Crippen molar-refractivity contribution in [3.63, 3.8) is 0 Å². The fraction of sp³-hybridized carbons (Fsp3) is 0.706. The van der Waals surface area contributed by atoms with Crippen molar-refractivity contribution >= 4 is 17.7 Å². The summed E-state index contributed by atoms with van der Waals surface area (Å²) in [4.78, 5) is 15.7. The second-order valence-corrected chi connectivity index (χ2v) is 7.68. The Kier molecular flexibility index (Phi) is 4.40. The van der Waals surface area contributed by atoms with E-state index in [9.17, 15) is 9.90 Å². The minimum atomic E-state index is -1.38. The number of allylic oxidation sites excluding steroid dienone is 2. The minimum absolute atomic E-state index is 0.0178. The van der Waals surface area contributed by atoms with Crippen LogP contribution in [0.4, 0.5) is 0 Å². The molecule has 1 aliphatic heterocycles. The first-order chi connectivity index (χ1) is 10.5. The van der Waals surface area contributed by atoms with Gasteiger partial charge in [-0.05, 0) is 37.0 Å². The Balaban J connectivity index is 1.86. The summed E-state index contributed by atoms with van der Waals surface area (Å²) in [6, 6.07) is 0.257. The van der Waals surface area contributed by atoms with Crippen LogP contribution in [0.15, 0.2) is 23.6 Å². The van der Waals surface area contributed by atoms with Gasteiger partial charge in [0.05, 0.1) is 0 Å². The number of hydrogen-bond donors (Lipinski definition) is 2. The van der Waals surface area contributed by atoms with Crippen LogP contribution in [-0.2, 0) is 4.79 Å². The van der Waals surface area contributed by atoms with E-state index in [1.54, 1.807) is 12.2 Å². The number of nitrogens with two attached hydrogens (primary N) is 1. The molecule has 122 valence electrons. The number of thioether (sulfide) groups is 1. The smallest absolute Gasteiger partial charge is 0.260 e. The quantitative estimate of drug-likeness (QED) is 0.757. The number of fused-ring (bicyclic) bond motifs is 1. The molecule has 3 atom stereocenters. The SMILES string of the molecule is C=C/C=C(\SC)C(O)(C(=O)N1CC2C(N)C2C1)C1CCCC1. The third-order valence-corrected chi connectivity index (χ3v) is 6.57. The van der Waals surface area contributed by atoms with E-state index in [0.717, 1.165) is 30.6 Å². The lowest BCUT2D eigenvalue weighted by molar-refractivity contribution is -0.151. The molecule has 0 radical (unpaired) electrons. The maximum Gasteiger partial charge on any atom is 0.260 e. The number of likely N-dealkylation sites (tertiary alicyclic amines) is 1. The number of carbonyl (C=O) groups excluding carboxylic acids is 1. The summed E-state index contributed by atoms with van der Waals surface area (Å²) in [5.41, 5.74) is 4.59. The third-order valence-electron chi connectivity index (χ3n) is 5.68. The summed E-state index contributed by atoms with van der Waals surface area (Å²) in [6.45, 7) is 5.14. The highest BCUT2D eigenvalue weighted by Crippen LogP contribution is 2.47. The summed E-state index contributed by atoms with van der Waals surface area (Å²) < 4.78 is 0. The number of rotatable bonds is 5. The zero-order chi connectivity index (χ0) is 15.9. The average molecular weight is 322 g/mol. The molecule has 22 heavy (non-hydrogen) atoms. The second kappa shape index (κ2) is 6.02. The van der Waals surface area contributed by atoms with Gasteiger partial charge in [0.2, 0.25) is 0 Å². The molecule has 2 saturated carbocycles. The summed E-state index contributed by atoms with van der Waals surface area (Å²) >= 11 is 1.46. The number of carbonyl (C=O) groups is 1. The molecule has 4 nitrogen and oxygen atoms in total. The van der Waals surface area contributed by atoms with Gasteiger partial charge in [-0.3, -0.25) is 4.79 Å². The van der Waals surface area contributed by atoms with Crippen molar-refractivity contribution in [2.24, 2.45) is 23.5 Å². The van der Waals surface area contributed by atoms with Crippen LogP contribution < -0.4 is 5.73 Å². The monoisotopic (exact) mass is 322 g/mol. The largest absolute Gasteiger partial charge is 0.375 e. The van der Waals surface area contributed by atoms with E-state index in [1.807, 2.05) is 11.2 Å². The van der Waals surface area contributed by atoms with Crippen LogP contribution in [0, 0.1) is 17.8 Å². The van der Waals surface area contributed by atoms with Gasteiger partial charge < -0.3 is 15.7 Å². The summed E-state index contributed by atoms with van der Waals surface area (Å²) in [5, 5.41) is 11.4. The number of amides is 1. The fourth-order valence-electron chi connectivity index (χ4n) is 4.26. The molecule has 5 heteroatoms. The maximum absolute atomic E-state index is 13.1. The van der Waals surface area contributed by atoms with Gasteiger partial charge in [-0.2, -0.15) is 0 Å². The Labute approximate surface area is 136 Å². The molecule has 0 aromatic carbocycles. The topological polar surface area (TPSA) is 66.6 Å². The van der Waals surface area contributed by atoms with Crippen LogP contribution >= 0.6 is 11.8 Å². The molecule has 3 aliphatic rings. The Morgan fingerprint density at radius 2 is 1.95 bits per heavy atom. The minimum Gasteiger partial charge on any atom is -0.375 e. The van der Waals surface area contributed by atoms with Crippen molar-refractivity contribution in [3.05, 3.63) is 23.6 Å². The van der Waals surface area contributed by atoms with Gasteiger partial charge in [-0.1, -0.05) is 25.5 Å². The van der Waals surface area contributed by atoms with Crippen LogP contribution in [0.2, 0.25) is 0 Å². The predicted molar refractivity (Wildman–Crippen MR) is 90.2 cm³/mol.